The van der Waals surface area contributed by atoms with Crippen LogP contribution in [0.1, 0.15) is 12.5 Å². The summed E-state index contributed by atoms with van der Waals surface area (Å²) in [6.07, 6.45) is 2.06. The summed E-state index contributed by atoms with van der Waals surface area (Å²) in [5.41, 5.74) is 1.66. The molecule has 3 rings (SSSR count). The molecular formula is C17H23N3O2. The number of fused-ring (bicyclic) bond motifs is 1. The Kier molecular flexibility index (Phi) is 3.93. The average molecular weight is 301 g/mol. The van der Waals surface area contributed by atoms with Crippen molar-refractivity contribution < 1.29 is 9.53 Å². The monoisotopic (exact) mass is 301 g/mol. The molecule has 22 heavy (non-hydrogen) atoms. The predicted octanol–water partition coefficient (Wildman–Crippen LogP) is 1.85. The number of benzene rings is 1. The number of likely N-dealkylation sites (N-methyl/N-ethyl adjacent to an activating group) is 1. The van der Waals surface area contributed by atoms with Crippen molar-refractivity contribution in [2.24, 2.45) is 0 Å². The van der Waals surface area contributed by atoms with Crippen LogP contribution in [0.5, 0.6) is 0 Å². The molecule has 0 spiro atoms. The minimum Gasteiger partial charge on any atom is -0.363 e. The van der Waals surface area contributed by atoms with Crippen molar-refractivity contribution in [2.45, 2.75) is 19.1 Å². The van der Waals surface area contributed by atoms with Gasteiger partial charge >= 0.3 is 0 Å². The Morgan fingerprint density at radius 1 is 1.41 bits per heavy atom. The second kappa shape index (κ2) is 5.74. The molecule has 0 aliphatic carbocycles. The number of hydrogen-bond donors (Lipinski definition) is 1. The summed E-state index contributed by atoms with van der Waals surface area (Å²) in [6, 6.07) is 8.30. The Bertz CT molecular complexity index is 679. The zero-order valence-corrected chi connectivity index (χ0v) is 13.4. The number of para-hydroxylation sites is 1. The molecule has 1 aromatic carbocycles. The minimum absolute atomic E-state index is 0.0242. The Morgan fingerprint density at radius 2 is 2.18 bits per heavy atom. The van der Waals surface area contributed by atoms with Crippen LogP contribution in [0.4, 0.5) is 0 Å². The Balaban J connectivity index is 1.77. The molecule has 1 aromatic heterocycles. The predicted molar refractivity (Wildman–Crippen MR) is 86.6 cm³/mol. The van der Waals surface area contributed by atoms with Crippen molar-refractivity contribution in [2.75, 3.05) is 33.8 Å². The maximum absolute atomic E-state index is 12.3. The lowest BCUT2D eigenvalue weighted by molar-refractivity contribution is -0.165. The molecule has 0 saturated carbocycles. The number of aromatic nitrogens is 1. The lowest BCUT2D eigenvalue weighted by atomic mass is 10.0. The van der Waals surface area contributed by atoms with E-state index in [9.17, 15) is 4.79 Å². The fourth-order valence-electron chi connectivity index (χ4n) is 3.19. The lowest BCUT2D eigenvalue weighted by Crippen LogP contribution is -2.57. The molecule has 5 heteroatoms. The molecule has 1 N–H and O–H groups in total. The van der Waals surface area contributed by atoms with Crippen LogP contribution in [0.15, 0.2) is 30.5 Å². The third-order valence-electron chi connectivity index (χ3n) is 4.28. The van der Waals surface area contributed by atoms with Gasteiger partial charge < -0.3 is 14.6 Å². The zero-order chi connectivity index (χ0) is 15.7. The van der Waals surface area contributed by atoms with Crippen LogP contribution in [0.3, 0.4) is 0 Å². The SMILES string of the molecule is CN(C)C(=O)C1(C)CN(Cc2c[nH]c3ccccc23)CCO1. The van der Waals surface area contributed by atoms with Gasteiger partial charge in [-0.05, 0) is 18.6 Å². The number of carbonyl (C=O) groups is 1. The highest BCUT2D eigenvalue weighted by atomic mass is 16.5. The van der Waals surface area contributed by atoms with E-state index in [0.717, 1.165) is 18.6 Å². The van der Waals surface area contributed by atoms with Crippen molar-refractivity contribution in [1.82, 2.24) is 14.8 Å². The van der Waals surface area contributed by atoms with Crippen LogP contribution < -0.4 is 0 Å². The van der Waals surface area contributed by atoms with Crippen molar-refractivity contribution in [1.29, 1.82) is 0 Å². The van der Waals surface area contributed by atoms with Crippen LogP contribution in [0, 0.1) is 0 Å². The maximum atomic E-state index is 12.3. The van der Waals surface area contributed by atoms with E-state index in [0.29, 0.717) is 13.2 Å². The second-order valence-electron chi connectivity index (χ2n) is 6.35. The molecule has 1 aliphatic heterocycles. The molecule has 1 saturated heterocycles. The van der Waals surface area contributed by atoms with Gasteiger partial charge in [0.25, 0.3) is 5.91 Å². The van der Waals surface area contributed by atoms with E-state index in [4.69, 9.17) is 4.74 Å². The first-order valence-corrected chi connectivity index (χ1v) is 7.63. The normalized spacial score (nSPS) is 22.9. The Hall–Kier alpha value is -1.85. The number of ether oxygens (including phenoxy) is 1. The molecule has 1 aliphatic rings. The van der Waals surface area contributed by atoms with Crippen LogP contribution in [0.25, 0.3) is 10.9 Å². The fourth-order valence-corrected chi connectivity index (χ4v) is 3.19. The third-order valence-corrected chi connectivity index (χ3v) is 4.28. The smallest absolute Gasteiger partial charge is 0.255 e. The highest BCUT2D eigenvalue weighted by molar-refractivity contribution is 5.85. The number of amides is 1. The zero-order valence-electron chi connectivity index (χ0n) is 13.4. The highest BCUT2D eigenvalue weighted by Gasteiger charge is 2.40. The molecule has 0 radical (unpaired) electrons. The number of hydrogen-bond acceptors (Lipinski definition) is 3. The number of H-pyrrole nitrogens is 1. The molecule has 1 atom stereocenters. The van der Waals surface area contributed by atoms with E-state index in [1.165, 1.54) is 10.9 Å². The molecule has 5 nitrogen and oxygen atoms in total. The summed E-state index contributed by atoms with van der Waals surface area (Å²) in [5, 5.41) is 1.25. The Labute approximate surface area is 130 Å². The van der Waals surface area contributed by atoms with Crippen LogP contribution in [-0.4, -0.2) is 60.1 Å². The van der Waals surface area contributed by atoms with E-state index in [1.54, 1.807) is 19.0 Å². The number of rotatable bonds is 3. The molecule has 1 fully saturated rings. The third kappa shape index (κ3) is 2.74. The topological polar surface area (TPSA) is 48.6 Å². The first kappa shape index (κ1) is 15.1. The van der Waals surface area contributed by atoms with Crippen molar-refractivity contribution >= 4 is 16.8 Å². The Morgan fingerprint density at radius 3 is 2.95 bits per heavy atom. The summed E-state index contributed by atoms with van der Waals surface area (Å²) >= 11 is 0. The largest absolute Gasteiger partial charge is 0.363 e. The van der Waals surface area contributed by atoms with Crippen molar-refractivity contribution in [3.63, 3.8) is 0 Å². The van der Waals surface area contributed by atoms with Crippen LogP contribution >= 0.6 is 0 Å². The number of nitrogens with zero attached hydrogens (tertiary/aromatic N) is 2. The van der Waals surface area contributed by atoms with Crippen LogP contribution in [0.2, 0.25) is 0 Å². The summed E-state index contributed by atoms with van der Waals surface area (Å²) in [4.78, 5) is 19.6. The van der Waals surface area contributed by atoms with E-state index in [2.05, 4.69) is 34.3 Å². The van der Waals surface area contributed by atoms with Gasteiger partial charge in [-0.2, -0.15) is 0 Å². The first-order chi connectivity index (χ1) is 10.5. The summed E-state index contributed by atoms with van der Waals surface area (Å²) in [6.45, 7) is 4.75. The van der Waals surface area contributed by atoms with Gasteiger partial charge in [0.1, 0.15) is 0 Å². The van der Waals surface area contributed by atoms with Gasteiger partial charge in [0.05, 0.1) is 6.61 Å². The van der Waals surface area contributed by atoms with E-state index >= 15 is 0 Å². The number of carbonyl (C=O) groups excluding carboxylic acids is 1. The first-order valence-electron chi connectivity index (χ1n) is 7.63. The van der Waals surface area contributed by atoms with Gasteiger partial charge in [0.15, 0.2) is 5.60 Å². The van der Waals surface area contributed by atoms with Crippen molar-refractivity contribution in [3.05, 3.63) is 36.0 Å². The van der Waals surface area contributed by atoms with E-state index < -0.39 is 5.60 Å². The van der Waals surface area contributed by atoms with Crippen molar-refractivity contribution in [3.8, 4) is 0 Å². The minimum atomic E-state index is -0.756. The summed E-state index contributed by atoms with van der Waals surface area (Å²) in [5.74, 6) is 0.0242. The molecule has 2 heterocycles. The number of nitrogens with one attached hydrogen (secondary N) is 1. The molecule has 0 bridgehead atoms. The standard InChI is InChI=1S/C17H23N3O2/c1-17(16(21)19(2)3)12-20(8-9-22-17)11-13-10-18-15-7-5-4-6-14(13)15/h4-7,10,18H,8-9,11-12H2,1-3H3. The lowest BCUT2D eigenvalue weighted by Gasteiger charge is -2.40. The summed E-state index contributed by atoms with van der Waals surface area (Å²) in [7, 11) is 3.55. The average Bonchev–Trinajstić information content (AvgIpc) is 2.90. The number of aromatic amines is 1. The van der Waals surface area contributed by atoms with Gasteiger partial charge in [0, 0.05) is 50.8 Å². The van der Waals surface area contributed by atoms with Gasteiger partial charge in [-0.15, -0.1) is 0 Å². The molecule has 1 amide bonds. The van der Waals surface area contributed by atoms with Gasteiger partial charge in [0.2, 0.25) is 0 Å². The second-order valence-corrected chi connectivity index (χ2v) is 6.35. The fraction of sp³-hybridized carbons (Fsp3) is 0.471. The van der Waals surface area contributed by atoms with Gasteiger partial charge in [-0.1, -0.05) is 18.2 Å². The molecular weight excluding hydrogens is 278 g/mol. The molecule has 118 valence electrons. The molecule has 2 aromatic rings. The summed E-state index contributed by atoms with van der Waals surface area (Å²) < 4.78 is 5.78. The van der Waals surface area contributed by atoms with Crippen LogP contribution in [-0.2, 0) is 16.1 Å². The van der Waals surface area contributed by atoms with E-state index in [-0.39, 0.29) is 5.91 Å². The highest BCUT2D eigenvalue weighted by Crippen LogP contribution is 2.24. The molecule has 1 unspecified atom stereocenters. The quantitative estimate of drug-likeness (QED) is 0.941. The number of morpholine rings is 1. The van der Waals surface area contributed by atoms with Gasteiger partial charge in [-0.25, -0.2) is 0 Å². The maximum Gasteiger partial charge on any atom is 0.255 e. The van der Waals surface area contributed by atoms with E-state index in [1.807, 2.05) is 13.0 Å². The van der Waals surface area contributed by atoms with Gasteiger partial charge in [-0.3, -0.25) is 9.69 Å².